The highest BCUT2D eigenvalue weighted by Gasteiger charge is 2.44. The minimum Gasteiger partial charge on any atom is -0.481 e. The highest BCUT2D eigenvalue weighted by Crippen LogP contribution is 2.40. The van der Waals surface area contributed by atoms with Crippen LogP contribution in [0.2, 0.25) is 0 Å². The van der Waals surface area contributed by atoms with Crippen LogP contribution < -0.4 is 15.4 Å². The number of aliphatic hydroxyl groups is 1. The summed E-state index contributed by atoms with van der Waals surface area (Å²) in [6, 6.07) is 9.43. The summed E-state index contributed by atoms with van der Waals surface area (Å²) in [6.45, 7) is 5.58. The van der Waals surface area contributed by atoms with Crippen molar-refractivity contribution in [2.45, 2.75) is 63.4 Å². The van der Waals surface area contributed by atoms with Gasteiger partial charge in [0, 0.05) is 67.2 Å². The predicted octanol–water partition coefficient (Wildman–Crippen LogP) is 3.65. The number of hydrogen-bond donors (Lipinski definition) is 2. The molecule has 4 unspecified atom stereocenters. The van der Waals surface area contributed by atoms with Crippen LogP contribution in [0.5, 0.6) is 5.88 Å². The van der Waals surface area contributed by atoms with Crippen LogP contribution in [0.15, 0.2) is 60.6 Å². The van der Waals surface area contributed by atoms with Crippen molar-refractivity contribution in [1.29, 1.82) is 0 Å². The molecule has 0 amide bonds. The summed E-state index contributed by atoms with van der Waals surface area (Å²) in [7, 11) is 1.65. The summed E-state index contributed by atoms with van der Waals surface area (Å²) in [5, 5.41) is 15.0. The molecule has 2 bridgehead atoms. The van der Waals surface area contributed by atoms with E-state index >= 15 is 0 Å². The maximum Gasteiger partial charge on any atom is 0.212 e. The zero-order valence-electron chi connectivity index (χ0n) is 23.2. The molecule has 7 heterocycles. The third-order valence-electron chi connectivity index (χ3n) is 9.19. The fraction of sp³-hybridized carbons (Fsp3) is 0.452. The molecule has 3 saturated heterocycles. The first-order valence-corrected chi connectivity index (χ1v) is 14.3. The average molecular weight is 540 g/mol. The Labute approximate surface area is 235 Å². The highest BCUT2D eigenvalue weighted by molar-refractivity contribution is 5.84. The number of nitrogens with zero attached hydrogens (tertiary/aromatic N) is 6. The lowest BCUT2D eigenvalue weighted by atomic mass is 9.80. The molecule has 3 N–H and O–H groups in total. The van der Waals surface area contributed by atoms with Gasteiger partial charge >= 0.3 is 0 Å². The van der Waals surface area contributed by atoms with Gasteiger partial charge in [0.25, 0.3) is 0 Å². The van der Waals surface area contributed by atoms with Gasteiger partial charge in [-0.25, -0.2) is 9.97 Å². The van der Waals surface area contributed by atoms with Crippen molar-refractivity contribution in [3.8, 4) is 5.88 Å². The topological polar surface area (TPSA) is 106 Å². The Hall–Kier alpha value is -3.69. The molecule has 4 aliphatic heterocycles. The molecule has 8 rings (SSSR count). The number of methoxy groups -OCH3 is 1. The Kier molecular flexibility index (Phi) is 6.16. The number of ether oxygens (including phenoxy) is 1. The fourth-order valence-electron chi connectivity index (χ4n) is 6.82. The molecule has 5 aliphatic rings. The van der Waals surface area contributed by atoms with Crippen LogP contribution in [0.3, 0.4) is 0 Å². The molecule has 0 radical (unpaired) electrons. The van der Waals surface area contributed by atoms with Crippen LogP contribution in [-0.4, -0.2) is 67.6 Å². The van der Waals surface area contributed by atoms with E-state index in [1.54, 1.807) is 13.3 Å². The van der Waals surface area contributed by atoms with Gasteiger partial charge in [0.2, 0.25) is 5.88 Å². The number of piperidine rings is 1. The summed E-state index contributed by atoms with van der Waals surface area (Å²) in [6.07, 6.45) is 13.8. The first-order chi connectivity index (χ1) is 19.4. The number of fused-ring (bicyclic) bond motifs is 3. The Balaban J connectivity index is 1.07. The molecule has 40 heavy (non-hydrogen) atoms. The second kappa shape index (κ2) is 9.74. The minimum absolute atomic E-state index is 0.235. The molecule has 0 saturated carbocycles. The van der Waals surface area contributed by atoms with Crippen molar-refractivity contribution in [2.24, 2.45) is 5.92 Å². The molecule has 1 aliphatic carbocycles. The zero-order valence-corrected chi connectivity index (χ0v) is 23.2. The Morgan fingerprint density at radius 3 is 2.60 bits per heavy atom. The summed E-state index contributed by atoms with van der Waals surface area (Å²) >= 11 is 0. The van der Waals surface area contributed by atoms with Crippen LogP contribution in [0.4, 0.5) is 11.5 Å². The molecular weight excluding hydrogens is 502 g/mol. The molecule has 0 aromatic carbocycles. The molecule has 3 aromatic heterocycles. The van der Waals surface area contributed by atoms with Gasteiger partial charge in [-0.2, -0.15) is 5.10 Å². The van der Waals surface area contributed by atoms with Crippen molar-refractivity contribution in [1.82, 2.24) is 24.6 Å². The van der Waals surface area contributed by atoms with Crippen LogP contribution >= 0.6 is 0 Å². The first-order valence-electron chi connectivity index (χ1n) is 14.3. The maximum atomic E-state index is 10.4. The third kappa shape index (κ3) is 4.57. The average Bonchev–Trinajstić information content (AvgIpc) is 3.36. The molecule has 3 aromatic rings. The van der Waals surface area contributed by atoms with Crippen molar-refractivity contribution in [3.63, 3.8) is 0 Å². The highest BCUT2D eigenvalue weighted by atomic mass is 16.5. The molecule has 9 nitrogen and oxygen atoms in total. The molecular formula is C31H37N7O2. The summed E-state index contributed by atoms with van der Waals surface area (Å²) < 4.78 is 7.22. The lowest BCUT2D eigenvalue weighted by Crippen LogP contribution is -2.68. The number of hydrogen-bond acceptors (Lipinski definition) is 8. The molecule has 9 heteroatoms. The van der Waals surface area contributed by atoms with Crippen LogP contribution in [0, 0.1) is 5.92 Å². The van der Waals surface area contributed by atoms with Gasteiger partial charge in [-0.15, -0.1) is 0 Å². The number of pyridine rings is 2. The van der Waals surface area contributed by atoms with E-state index in [9.17, 15) is 5.11 Å². The summed E-state index contributed by atoms with van der Waals surface area (Å²) in [5.74, 6) is 1.91. The van der Waals surface area contributed by atoms with E-state index in [0.717, 1.165) is 61.7 Å². The summed E-state index contributed by atoms with van der Waals surface area (Å²) in [4.78, 5) is 14.3. The molecule has 0 spiro atoms. The number of piperazine rings is 1. The second-order valence-corrected chi connectivity index (χ2v) is 12.0. The van der Waals surface area contributed by atoms with E-state index < -0.39 is 5.60 Å². The Bertz CT molecular complexity index is 1450. The van der Waals surface area contributed by atoms with Crippen LogP contribution in [-0.2, 0) is 13.1 Å². The van der Waals surface area contributed by atoms with Crippen molar-refractivity contribution < 1.29 is 9.84 Å². The third-order valence-corrected chi connectivity index (χ3v) is 9.19. The quantitative estimate of drug-likeness (QED) is 0.458. The standard InChI is InChI=1S/C31H37N7O2/c1-31(39)9-7-21(8-10-31)23-11-26(30-27(32)15-35-38(30)17-23)22-4-5-28(33-14-22)36-18-24-12-25(19-36)37(24)16-20-3-6-29(40-2)34-13-20/h3-7,11,13-15,23-25,39H,8-10,12,16-19,32H2,1-2H3. The second-order valence-electron chi connectivity index (χ2n) is 12.0. The van der Waals surface area contributed by atoms with Gasteiger partial charge < -0.3 is 20.5 Å². The van der Waals surface area contributed by atoms with Crippen LogP contribution in [0.1, 0.15) is 49.4 Å². The van der Waals surface area contributed by atoms with Gasteiger partial charge in [0.05, 0.1) is 36.8 Å². The lowest BCUT2D eigenvalue weighted by molar-refractivity contribution is -0.00877. The molecule has 3 fully saturated rings. The smallest absolute Gasteiger partial charge is 0.212 e. The van der Waals surface area contributed by atoms with E-state index in [1.165, 1.54) is 17.6 Å². The van der Waals surface area contributed by atoms with Gasteiger partial charge in [-0.3, -0.25) is 9.58 Å². The number of anilines is 2. The predicted molar refractivity (Wildman–Crippen MR) is 155 cm³/mol. The first kappa shape index (κ1) is 25.3. The van der Waals surface area contributed by atoms with Crippen molar-refractivity contribution in [3.05, 3.63) is 77.4 Å². The van der Waals surface area contributed by atoms with Crippen molar-refractivity contribution in [2.75, 3.05) is 30.8 Å². The SMILES string of the molecule is COc1ccc(CN2C3CC2CN(c2ccc(C4=CC(C5=CCC(C)(O)CC5)Cn5ncc(N)c54)cn2)C3)cn1. The van der Waals surface area contributed by atoms with Crippen molar-refractivity contribution >= 4 is 17.1 Å². The van der Waals surface area contributed by atoms with Gasteiger partial charge in [0.1, 0.15) is 5.82 Å². The Morgan fingerprint density at radius 2 is 1.93 bits per heavy atom. The molecule has 208 valence electrons. The number of allylic oxidation sites excluding steroid dienone is 2. The van der Waals surface area contributed by atoms with E-state index in [1.807, 2.05) is 30.1 Å². The lowest BCUT2D eigenvalue weighted by Gasteiger charge is -2.56. The summed E-state index contributed by atoms with van der Waals surface area (Å²) in [5.41, 5.74) is 12.2. The van der Waals surface area contributed by atoms with E-state index in [-0.39, 0.29) is 5.92 Å². The van der Waals surface area contributed by atoms with E-state index in [0.29, 0.717) is 30.1 Å². The van der Waals surface area contributed by atoms with Crippen LogP contribution in [0.25, 0.3) is 5.57 Å². The Morgan fingerprint density at radius 1 is 1.07 bits per heavy atom. The zero-order chi connectivity index (χ0) is 27.4. The fourth-order valence-corrected chi connectivity index (χ4v) is 6.82. The number of nitrogen functional groups attached to an aromatic ring is 1. The normalized spacial score (nSPS) is 27.9. The molecule has 4 atom stereocenters. The maximum absolute atomic E-state index is 10.4. The monoisotopic (exact) mass is 539 g/mol. The number of rotatable bonds is 6. The largest absolute Gasteiger partial charge is 0.481 e. The number of aromatic nitrogens is 4. The van der Waals surface area contributed by atoms with Gasteiger partial charge in [-0.1, -0.05) is 23.8 Å². The number of nitrogens with two attached hydrogens (primary N) is 1. The van der Waals surface area contributed by atoms with Gasteiger partial charge in [0.15, 0.2) is 0 Å². The van der Waals surface area contributed by atoms with Gasteiger partial charge in [-0.05, 0) is 50.3 Å². The minimum atomic E-state index is -0.606. The van der Waals surface area contributed by atoms with E-state index in [2.05, 4.69) is 50.2 Å². The van der Waals surface area contributed by atoms with E-state index in [4.69, 9.17) is 15.5 Å².